The number of amides is 1. The van der Waals surface area contributed by atoms with Gasteiger partial charge in [0.05, 0.1) is 28.8 Å². The van der Waals surface area contributed by atoms with Gasteiger partial charge in [-0.15, -0.1) is 0 Å². The Hall–Kier alpha value is -5.00. The molecule has 0 saturated carbocycles. The predicted octanol–water partition coefficient (Wildman–Crippen LogP) is 3.77. The van der Waals surface area contributed by atoms with Gasteiger partial charge >= 0.3 is 0 Å². The lowest BCUT2D eigenvalue weighted by Gasteiger charge is -2.39. The Morgan fingerprint density at radius 3 is 2.76 bits per heavy atom. The first-order valence-electron chi connectivity index (χ1n) is 13.8. The van der Waals surface area contributed by atoms with Gasteiger partial charge in [-0.2, -0.15) is 14.7 Å². The monoisotopic (exact) mass is 548 g/mol. The predicted molar refractivity (Wildman–Crippen MR) is 150 cm³/mol. The van der Waals surface area contributed by atoms with Crippen molar-refractivity contribution >= 4 is 23.2 Å². The highest BCUT2D eigenvalue weighted by Crippen LogP contribution is 2.39. The Kier molecular flexibility index (Phi) is 6.22. The van der Waals surface area contributed by atoms with E-state index in [2.05, 4.69) is 42.5 Å². The SMILES string of the molecule is CCC1CC(c2nc3c(-c4ccc(-c5ccccn5)nc4)cnn3c3c2C(=O)CCN3)CCN1C(=O)c1ncn[nH]1. The number of aromatic amines is 1. The smallest absolute Gasteiger partial charge is 0.291 e. The summed E-state index contributed by atoms with van der Waals surface area (Å²) in [5, 5.41) is 14.6. The molecule has 0 radical (unpaired) electrons. The molecule has 2 aliphatic heterocycles. The average Bonchev–Trinajstić information content (AvgIpc) is 3.72. The molecule has 12 nitrogen and oxygen atoms in total. The van der Waals surface area contributed by atoms with Crippen molar-refractivity contribution in [1.82, 2.24) is 44.6 Å². The summed E-state index contributed by atoms with van der Waals surface area (Å²) in [6.07, 6.45) is 9.23. The fraction of sp³-hybridized carbons (Fsp3) is 0.310. The minimum atomic E-state index is -0.157. The summed E-state index contributed by atoms with van der Waals surface area (Å²) in [4.78, 5) is 46.5. The highest BCUT2D eigenvalue weighted by atomic mass is 16.2. The Morgan fingerprint density at radius 1 is 1.10 bits per heavy atom. The van der Waals surface area contributed by atoms with Crippen LogP contribution in [0.2, 0.25) is 0 Å². The molecule has 5 aromatic heterocycles. The van der Waals surface area contributed by atoms with Crippen LogP contribution in [-0.4, -0.2) is 75.5 Å². The second-order valence-corrected chi connectivity index (χ2v) is 10.4. The maximum Gasteiger partial charge on any atom is 0.291 e. The van der Waals surface area contributed by atoms with E-state index < -0.39 is 0 Å². The van der Waals surface area contributed by atoms with E-state index >= 15 is 0 Å². The number of ketones is 1. The molecule has 2 atom stereocenters. The third-order valence-electron chi connectivity index (χ3n) is 8.05. The quantitative estimate of drug-likeness (QED) is 0.335. The van der Waals surface area contributed by atoms with Crippen LogP contribution in [0, 0.1) is 0 Å². The second kappa shape index (κ2) is 10.2. The van der Waals surface area contributed by atoms with Crippen molar-refractivity contribution in [2.24, 2.45) is 0 Å². The molecule has 1 saturated heterocycles. The standard InChI is InChI=1S/C29H28N10O2/c1-2-19-13-17(9-12-38(19)29(41)26-33-16-34-37-26)25-24-23(40)8-11-31-28(24)39-27(36-25)20(15-35-39)18-6-7-22(32-14-18)21-5-3-4-10-30-21/h3-7,10,14-17,19,31H,2,8-9,11-13H2,1H3,(H,33,34,37). The van der Waals surface area contributed by atoms with Crippen molar-refractivity contribution < 1.29 is 9.59 Å². The fourth-order valence-electron chi connectivity index (χ4n) is 5.98. The molecule has 2 unspecified atom stereocenters. The Bertz CT molecular complexity index is 1730. The maximum absolute atomic E-state index is 13.3. The van der Waals surface area contributed by atoms with Gasteiger partial charge < -0.3 is 10.2 Å². The molecule has 1 fully saturated rings. The van der Waals surface area contributed by atoms with E-state index in [1.54, 1.807) is 23.1 Å². The number of likely N-dealkylation sites (tertiary alicyclic amines) is 1. The molecule has 12 heteroatoms. The number of H-pyrrole nitrogens is 1. The van der Waals surface area contributed by atoms with E-state index in [9.17, 15) is 9.59 Å². The molecule has 41 heavy (non-hydrogen) atoms. The number of carbonyl (C=O) groups is 2. The Labute approximate surface area is 235 Å². The van der Waals surface area contributed by atoms with Gasteiger partial charge in [-0.3, -0.25) is 24.7 Å². The summed E-state index contributed by atoms with van der Waals surface area (Å²) in [5.41, 5.74) is 5.34. The van der Waals surface area contributed by atoms with Crippen molar-refractivity contribution in [3.63, 3.8) is 0 Å². The number of nitrogens with one attached hydrogen (secondary N) is 2. The summed E-state index contributed by atoms with van der Waals surface area (Å²) in [7, 11) is 0. The molecule has 0 bridgehead atoms. The van der Waals surface area contributed by atoms with Crippen LogP contribution < -0.4 is 5.32 Å². The number of hydrogen-bond donors (Lipinski definition) is 2. The Morgan fingerprint density at radius 2 is 2.00 bits per heavy atom. The van der Waals surface area contributed by atoms with Crippen LogP contribution in [0.4, 0.5) is 5.82 Å². The number of pyridine rings is 2. The molecule has 7 heterocycles. The number of fused-ring (bicyclic) bond motifs is 3. The number of rotatable bonds is 5. The van der Waals surface area contributed by atoms with Crippen molar-refractivity contribution in [2.45, 2.75) is 44.6 Å². The molecule has 2 N–H and O–H groups in total. The summed E-state index contributed by atoms with van der Waals surface area (Å²) in [5.74, 6) is 0.836. The topological polar surface area (TPSA) is 147 Å². The zero-order valence-electron chi connectivity index (χ0n) is 22.5. The molecule has 1 amide bonds. The van der Waals surface area contributed by atoms with Gasteiger partial charge in [-0.1, -0.05) is 19.1 Å². The van der Waals surface area contributed by atoms with E-state index in [4.69, 9.17) is 4.98 Å². The molecule has 0 spiro atoms. The second-order valence-electron chi connectivity index (χ2n) is 10.4. The molecule has 7 rings (SSSR count). The summed E-state index contributed by atoms with van der Waals surface area (Å²) in [6.45, 7) is 3.15. The van der Waals surface area contributed by atoms with E-state index in [0.717, 1.165) is 34.6 Å². The van der Waals surface area contributed by atoms with Crippen molar-refractivity contribution in [2.75, 3.05) is 18.4 Å². The van der Waals surface area contributed by atoms with Crippen LogP contribution in [-0.2, 0) is 0 Å². The molecule has 0 aliphatic carbocycles. The minimum absolute atomic E-state index is 0.00809. The normalized spacial score (nSPS) is 18.8. The molecule has 2 aliphatic rings. The molecular formula is C29H28N10O2. The highest BCUT2D eigenvalue weighted by molar-refractivity contribution is 6.04. The molecule has 5 aromatic rings. The summed E-state index contributed by atoms with van der Waals surface area (Å²) in [6, 6.07) is 9.65. The largest absolute Gasteiger partial charge is 0.369 e. The van der Waals surface area contributed by atoms with Crippen LogP contribution in [0.25, 0.3) is 28.2 Å². The van der Waals surface area contributed by atoms with E-state index in [0.29, 0.717) is 49.4 Å². The zero-order chi connectivity index (χ0) is 27.9. The molecular weight excluding hydrogens is 520 g/mol. The number of anilines is 1. The highest BCUT2D eigenvalue weighted by Gasteiger charge is 2.37. The van der Waals surface area contributed by atoms with E-state index in [1.165, 1.54) is 6.33 Å². The fourth-order valence-corrected chi connectivity index (χ4v) is 5.98. The summed E-state index contributed by atoms with van der Waals surface area (Å²) < 4.78 is 1.73. The van der Waals surface area contributed by atoms with Crippen LogP contribution in [0.15, 0.2) is 55.2 Å². The number of aromatic nitrogens is 8. The first-order valence-corrected chi connectivity index (χ1v) is 13.8. The third-order valence-corrected chi connectivity index (χ3v) is 8.05. The Balaban J connectivity index is 1.27. The van der Waals surface area contributed by atoms with Gasteiger partial charge in [0.25, 0.3) is 5.91 Å². The summed E-state index contributed by atoms with van der Waals surface area (Å²) >= 11 is 0. The lowest BCUT2D eigenvalue weighted by atomic mass is 9.83. The van der Waals surface area contributed by atoms with Crippen molar-refractivity contribution in [3.8, 4) is 22.5 Å². The van der Waals surface area contributed by atoms with Crippen LogP contribution in [0.1, 0.15) is 65.2 Å². The van der Waals surface area contributed by atoms with Gasteiger partial charge in [-0.05, 0) is 37.5 Å². The third kappa shape index (κ3) is 4.31. The van der Waals surface area contributed by atoms with Gasteiger partial charge in [0.2, 0.25) is 5.82 Å². The first-order chi connectivity index (χ1) is 20.1. The van der Waals surface area contributed by atoms with E-state index in [-0.39, 0.29) is 29.5 Å². The van der Waals surface area contributed by atoms with Gasteiger partial charge in [0, 0.05) is 55.0 Å². The number of carbonyl (C=O) groups excluding carboxylic acids is 2. The number of hydrogen-bond acceptors (Lipinski definition) is 9. The number of Topliss-reactive ketones (excluding diaryl/α,β-unsaturated/α-hetero) is 1. The first kappa shape index (κ1) is 25.0. The average molecular weight is 549 g/mol. The van der Waals surface area contributed by atoms with Crippen LogP contribution in [0.5, 0.6) is 0 Å². The molecule has 206 valence electrons. The number of nitrogens with zero attached hydrogens (tertiary/aromatic N) is 8. The van der Waals surface area contributed by atoms with Crippen LogP contribution in [0.3, 0.4) is 0 Å². The zero-order valence-corrected chi connectivity index (χ0v) is 22.5. The molecule has 0 aromatic carbocycles. The lowest BCUT2D eigenvalue weighted by molar-refractivity contribution is 0.0570. The maximum atomic E-state index is 13.3. The van der Waals surface area contributed by atoms with E-state index in [1.807, 2.05) is 35.2 Å². The van der Waals surface area contributed by atoms with Crippen molar-refractivity contribution in [1.29, 1.82) is 0 Å². The van der Waals surface area contributed by atoms with Gasteiger partial charge in [0.15, 0.2) is 11.4 Å². The van der Waals surface area contributed by atoms with Crippen LogP contribution >= 0.6 is 0 Å². The number of piperidine rings is 1. The van der Waals surface area contributed by atoms with Gasteiger partial charge in [-0.25, -0.2) is 9.97 Å². The van der Waals surface area contributed by atoms with Gasteiger partial charge in [0.1, 0.15) is 12.1 Å². The lowest BCUT2D eigenvalue weighted by Crippen LogP contribution is -2.46. The minimum Gasteiger partial charge on any atom is -0.369 e. The van der Waals surface area contributed by atoms with Crippen molar-refractivity contribution in [3.05, 3.63) is 72.3 Å².